The van der Waals surface area contributed by atoms with Crippen LogP contribution < -0.4 is 10.1 Å². The molecule has 0 unspecified atom stereocenters. The number of rotatable bonds is 7. The topological polar surface area (TPSA) is 140 Å². The van der Waals surface area contributed by atoms with E-state index in [1.165, 1.54) is 4.31 Å². The van der Waals surface area contributed by atoms with Gasteiger partial charge in [-0.05, 0) is 99.6 Å². The standard InChI is InChI=1S/C34H40N6O5S/c1-21-7-8-23(29(33(3,4)32(41)42)26-11-12-27-30(22(26)2)37-38-40(27)25-9-10-25)18-24(21)19-39-20-34(13-16-35-17-14-34)45-31-28(46(39,43)44)6-5-15-36-31/h5-8,11-12,15,18,25,29,35H,9-10,13-14,16-17,19-20H2,1-4H3,(H,41,42)/t29-/m0/s1. The molecule has 46 heavy (non-hydrogen) atoms. The van der Waals surface area contributed by atoms with Crippen molar-refractivity contribution in [3.8, 4) is 5.88 Å². The Morgan fingerprint density at radius 2 is 1.91 bits per heavy atom. The molecule has 2 aromatic carbocycles. The molecule has 2 aromatic heterocycles. The molecule has 1 spiro atoms. The van der Waals surface area contributed by atoms with Crippen LogP contribution in [0, 0.1) is 19.3 Å². The van der Waals surface area contributed by atoms with E-state index < -0.39 is 32.9 Å². The third-order valence-electron chi connectivity index (χ3n) is 10.1. The quantitative estimate of drug-likeness (QED) is 0.292. The number of sulfonamides is 1. The van der Waals surface area contributed by atoms with Crippen LogP contribution in [-0.2, 0) is 21.4 Å². The average molecular weight is 645 g/mol. The molecular weight excluding hydrogens is 604 g/mol. The minimum Gasteiger partial charge on any atom is -0.481 e. The molecule has 0 radical (unpaired) electrons. The second-order valence-electron chi connectivity index (χ2n) is 13.7. The van der Waals surface area contributed by atoms with Gasteiger partial charge >= 0.3 is 5.97 Å². The number of carbonyl (C=O) groups is 1. The van der Waals surface area contributed by atoms with Gasteiger partial charge in [0.05, 0.1) is 23.5 Å². The van der Waals surface area contributed by atoms with Crippen molar-refractivity contribution < 1.29 is 23.1 Å². The van der Waals surface area contributed by atoms with Crippen LogP contribution in [0.1, 0.15) is 79.3 Å². The number of benzene rings is 2. The highest BCUT2D eigenvalue weighted by Crippen LogP contribution is 2.45. The largest absolute Gasteiger partial charge is 0.481 e. The summed E-state index contributed by atoms with van der Waals surface area (Å²) in [6.45, 7) is 9.16. The van der Waals surface area contributed by atoms with Gasteiger partial charge in [0.2, 0.25) is 15.9 Å². The molecule has 4 heterocycles. The van der Waals surface area contributed by atoms with Gasteiger partial charge in [-0.25, -0.2) is 18.1 Å². The molecule has 2 fully saturated rings. The average Bonchev–Trinajstić information content (AvgIpc) is 3.78. The van der Waals surface area contributed by atoms with Crippen LogP contribution in [0.3, 0.4) is 0 Å². The summed E-state index contributed by atoms with van der Waals surface area (Å²) in [6, 6.07) is 13.5. The van der Waals surface area contributed by atoms with E-state index >= 15 is 0 Å². The maximum atomic E-state index is 14.2. The second kappa shape index (κ2) is 11.1. The van der Waals surface area contributed by atoms with Gasteiger partial charge in [-0.1, -0.05) is 29.5 Å². The first-order chi connectivity index (χ1) is 21.9. The van der Waals surface area contributed by atoms with E-state index in [0.717, 1.165) is 51.7 Å². The van der Waals surface area contributed by atoms with E-state index in [0.29, 0.717) is 32.0 Å². The Balaban J connectivity index is 1.32. The van der Waals surface area contributed by atoms with Crippen LogP contribution in [-0.4, -0.2) is 69.0 Å². The van der Waals surface area contributed by atoms with E-state index in [1.54, 1.807) is 32.2 Å². The number of aromatic nitrogens is 4. The van der Waals surface area contributed by atoms with Gasteiger partial charge in [-0.15, -0.1) is 5.10 Å². The minimum absolute atomic E-state index is 0.0623. The zero-order chi connectivity index (χ0) is 32.4. The highest BCUT2D eigenvalue weighted by molar-refractivity contribution is 7.89. The summed E-state index contributed by atoms with van der Waals surface area (Å²) in [5.41, 5.74) is 4.12. The number of nitrogens with zero attached hydrogens (tertiary/aromatic N) is 5. The van der Waals surface area contributed by atoms with Gasteiger partial charge in [0.15, 0.2) is 0 Å². The van der Waals surface area contributed by atoms with Crippen molar-refractivity contribution in [3.63, 3.8) is 0 Å². The molecule has 7 rings (SSSR count). The third kappa shape index (κ3) is 5.16. The Kier molecular flexibility index (Phi) is 7.45. The molecule has 1 saturated heterocycles. The fraction of sp³-hybridized carbons (Fsp3) is 0.471. The number of pyridine rings is 1. The van der Waals surface area contributed by atoms with Gasteiger partial charge in [0, 0.05) is 31.5 Å². The molecule has 1 atom stereocenters. The molecule has 242 valence electrons. The highest BCUT2D eigenvalue weighted by Gasteiger charge is 2.45. The Labute approximate surface area is 269 Å². The zero-order valence-electron chi connectivity index (χ0n) is 26.7. The Morgan fingerprint density at radius 1 is 1.15 bits per heavy atom. The summed E-state index contributed by atoms with van der Waals surface area (Å²) in [5.74, 6) is -1.32. The fourth-order valence-corrected chi connectivity index (χ4v) is 8.67. The number of hydrogen-bond acceptors (Lipinski definition) is 8. The van der Waals surface area contributed by atoms with Gasteiger partial charge < -0.3 is 15.2 Å². The van der Waals surface area contributed by atoms with Crippen molar-refractivity contribution in [2.45, 2.75) is 82.4 Å². The van der Waals surface area contributed by atoms with Gasteiger partial charge in [0.1, 0.15) is 16.0 Å². The summed E-state index contributed by atoms with van der Waals surface area (Å²) in [6.07, 6.45) is 5.02. The van der Waals surface area contributed by atoms with E-state index in [4.69, 9.17) is 4.74 Å². The first kappa shape index (κ1) is 30.8. The summed E-state index contributed by atoms with van der Waals surface area (Å²) in [7, 11) is -3.95. The summed E-state index contributed by atoms with van der Waals surface area (Å²) < 4.78 is 38.3. The van der Waals surface area contributed by atoms with Gasteiger partial charge in [-0.2, -0.15) is 4.31 Å². The maximum absolute atomic E-state index is 14.2. The number of aryl methyl sites for hydroxylation is 2. The first-order valence-corrected chi connectivity index (χ1v) is 17.4. The molecular formula is C34H40N6O5S. The molecule has 4 aromatic rings. The SMILES string of the molecule is Cc1ccc([C@@H](c2ccc3c(nnn3C3CC3)c2C)C(C)(C)C(=O)O)cc1CN1CC2(CCNCC2)Oc2ncccc2S1(=O)=O. The lowest BCUT2D eigenvalue weighted by Crippen LogP contribution is -2.53. The Bertz CT molecular complexity index is 1940. The number of fused-ring (bicyclic) bond motifs is 2. The van der Waals surface area contributed by atoms with Crippen LogP contribution in [0.25, 0.3) is 11.0 Å². The van der Waals surface area contributed by atoms with Crippen LogP contribution in [0.2, 0.25) is 0 Å². The molecule has 0 amide bonds. The van der Waals surface area contributed by atoms with Crippen molar-refractivity contribution in [1.82, 2.24) is 29.6 Å². The molecule has 12 heteroatoms. The molecule has 2 aliphatic heterocycles. The van der Waals surface area contributed by atoms with E-state index in [-0.39, 0.29) is 23.9 Å². The monoisotopic (exact) mass is 644 g/mol. The zero-order valence-corrected chi connectivity index (χ0v) is 27.5. The molecule has 11 nitrogen and oxygen atoms in total. The number of piperidine rings is 1. The number of hydrogen-bond donors (Lipinski definition) is 2. The van der Waals surface area contributed by atoms with Crippen molar-refractivity contribution in [1.29, 1.82) is 0 Å². The smallest absolute Gasteiger partial charge is 0.310 e. The van der Waals surface area contributed by atoms with Crippen LogP contribution >= 0.6 is 0 Å². The van der Waals surface area contributed by atoms with Crippen LogP contribution in [0.15, 0.2) is 53.6 Å². The van der Waals surface area contributed by atoms with Gasteiger partial charge in [0.25, 0.3) is 0 Å². The van der Waals surface area contributed by atoms with Crippen molar-refractivity contribution >= 4 is 27.0 Å². The fourth-order valence-electron chi connectivity index (χ4n) is 7.11. The normalized spacial score (nSPS) is 20.2. The minimum atomic E-state index is -3.95. The van der Waals surface area contributed by atoms with Crippen molar-refractivity contribution in [2.24, 2.45) is 5.41 Å². The molecule has 1 aliphatic carbocycles. The van der Waals surface area contributed by atoms with Crippen molar-refractivity contribution in [2.75, 3.05) is 19.6 Å². The van der Waals surface area contributed by atoms with E-state index in [9.17, 15) is 18.3 Å². The summed E-state index contributed by atoms with van der Waals surface area (Å²) in [5, 5.41) is 22.8. The van der Waals surface area contributed by atoms with E-state index in [1.807, 2.05) is 48.9 Å². The highest BCUT2D eigenvalue weighted by atomic mass is 32.2. The predicted molar refractivity (Wildman–Crippen MR) is 172 cm³/mol. The number of carboxylic acids is 1. The van der Waals surface area contributed by atoms with Gasteiger partial charge in [-0.3, -0.25) is 4.79 Å². The number of carboxylic acid groups (broad SMARTS) is 1. The number of ether oxygens (including phenoxy) is 1. The lowest BCUT2D eigenvalue weighted by Gasteiger charge is -2.38. The van der Waals surface area contributed by atoms with Crippen LogP contribution in [0.4, 0.5) is 0 Å². The lowest BCUT2D eigenvalue weighted by molar-refractivity contribution is -0.147. The van der Waals surface area contributed by atoms with Crippen molar-refractivity contribution in [3.05, 3.63) is 76.5 Å². The molecule has 2 N–H and O–H groups in total. The molecule has 1 saturated carbocycles. The Morgan fingerprint density at radius 3 is 2.63 bits per heavy atom. The van der Waals surface area contributed by atoms with Crippen LogP contribution in [0.5, 0.6) is 5.88 Å². The number of aliphatic carboxylic acids is 1. The molecule has 3 aliphatic rings. The predicted octanol–water partition coefficient (Wildman–Crippen LogP) is 4.73. The second-order valence-corrected chi connectivity index (χ2v) is 15.6. The Hall–Kier alpha value is -3.87. The molecule has 0 bridgehead atoms. The maximum Gasteiger partial charge on any atom is 0.310 e. The third-order valence-corrected chi connectivity index (χ3v) is 11.9. The first-order valence-electron chi connectivity index (χ1n) is 15.9. The summed E-state index contributed by atoms with van der Waals surface area (Å²) in [4.78, 5) is 17.2. The lowest BCUT2D eigenvalue weighted by atomic mass is 9.69. The number of nitrogens with one attached hydrogen (secondary N) is 1. The summed E-state index contributed by atoms with van der Waals surface area (Å²) >= 11 is 0. The van der Waals surface area contributed by atoms with E-state index in [2.05, 4.69) is 20.6 Å².